The molecule has 0 heterocycles. The number of nitro groups is 1. The Morgan fingerprint density at radius 1 is 1.03 bits per heavy atom. The van der Waals surface area contributed by atoms with Crippen LogP contribution in [0.15, 0.2) is 36.4 Å². The highest BCUT2D eigenvalue weighted by molar-refractivity contribution is 5.96. The van der Waals surface area contributed by atoms with E-state index in [9.17, 15) is 19.7 Å². The molecule has 0 bridgehead atoms. The van der Waals surface area contributed by atoms with Crippen molar-refractivity contribution < 1.29 is 33.5 Å². The number of nitrogens with zero attached hydrogens (tertiary/aromatic N) is 1. The maximum absolute atomic E-state index is 12.2. The average Bonchev–Trinajstić information content (AvgIpc) is 2.72. The predicted molar refractivity (Wildman–Crippen MR) is 103 cm³/mol. The Hall–Kier alpha value is -3.82. The van der Waals surface area contributed by atoms with Crippen LogP contribution in [0.1, 0.15) is 17.3 Å². The van der Waals surface area contributed by atoms with E-state index in [1.807, 2.05) is 0 Å². The Bertz CT molecular complexity index is 913. The van der Waals surface area contributed by atoms with E-state index in [-0.39, 0.29) is 22.7 Å². The first-order chi connectivity index (χ1) is 13.9. The van der Waals surface area contributed by atoms with Crippen molar-refractivity contribution in [1.82, 2.24) is 0 Å². The molecule has 2 rings (SSSR count). The molecule has 2 aromatic carbocycles. The minimum Gasteiger partial charge on any atom is -0.495 e. The average molecular weight is 404 g/mol. The number of benzene rings is 2. The van der Waals surface area contributed by atoms with Gasteiger partial charge in [0.2, 0.25) is 0 Å². The van der Waals surface area contributed by atoms with Gasteiger partial charge in [-0.25, -0.2) is 4.79 Å². The molecule has 0 aliphatic heterocycles. The van der Waals surface area contributed by atoms with Crippen molar-refractivity contribution in [1.29, 1.82) is 0 Å². The van der Waals surface area contributed by atoms with Crippen LogP contribution < -0.4 is 19.5 Å². The normalized spacial score (nSPS) is 10.0. The first-order valence-electron chi connectivity index (χ1n) is 8.49. The van der Waals surface area contributed by atoms with Crippen LogP contribution in [0.25, 0.3) is 0 Å². The molecule has 1 N–H and O–H groups in total. The summed E-state index contributed by atoms with van der Waals surface area (Å²) in [5.74, 6) is -0.369. The standard InChI is InChI=1S/C19H20N2O8/c1-4-28-17-9-12(5-7-16(17)27-3)19(23)29-11-18(22)20-14-10-13(21(24)25)6-8-15(14)26-2/h5-10H,4,11H2,1-3H3,(H,20,22). The van der Waals surface area contributed by atoms with Gasteiger partial charge in [-0.1, -0.05) is 0 Å². The summed E-state index contributed by atoms with van der Waals surface area (Å²) in [6.07, 6.45) is 0. The van der Waals surface area contributed by atoms with E-state index in [0.717, 1.165) is 6.07 Å². The second-order valence-corrected chi connectivity index (χ2v) is 5.56. The van der Waals surface area contributed by atoms with Gasteiger partial charge in [0.15, 0.2) is 18.1 Å². The third-order valence-electron chi connectivity index (χ3n) is 3.70. The Morgan fingerprint density at radius 2 is 1.72 bits per heavy atom. The zero-order chi connectivity index (χ0) is 21.4. The van der Waals surface area contributed by atoms with E-state index in [4.69, 9.17) is 18.9 Å². The van der Waals surface area contributed by atoms with Crippen LogP contribution in [-0.2, 0) is 9.53 Å². The second kappa shape index (κ2) is 9.93. The van der Waals surface area contributed by atoms with Gasteiger partial charge in [-0.2, -0.15) is 0 Å². The maximum atomic E-state index is 12.2. The number of ether oxygens (including phenoxy) is 4. The van der Waals surface area contributed by atoms with Gasteiger partial charge < -0.3 is 24.3 Å². The van der Waals surface area contributed by atoms with Crippen LogP contribution in [0.4, 0.5) is 11.4 Å². The fourth-order valence-electron chi connectivity index (χ4n) is 2.38. The van der Waals surface area contributed by atoms with Crippen LogP contribution in [0.5, 0.6) is 17.2 Å². The molecule has 0 spiro atoms. The number of carbonyl (C=O) groups excluding carboxylic acids is 2. The van der Waals surface area contributed by atoms with Gasteiger partial charge in [0.1, 0.15) is 5.75 Å². The molecule has 0 aromatic heterocycles. The Kier molecular flexibility index (Phi) is 7.35. The summed E-state index contributed by atoms with van der Waals surface area (Å²) in [6.45, 7) is 1.57. The fraction of sp³-hybridized carbons (Fsp3) is 0.263. The summed E-state index contributed by atoms with van der Waals surface area (Å²) in [5.41, 5.74) is 0.0422. The Balaban J connectivity index is 2.04. The summed E-state index contributed by atoms with van der Waals surface area (Å²) in [4.78, 5) is 34.6. The zero-order valence-electron chi connectivity index (χ0n) is 16.1. The maximum Gasteiger partial charge on any atom is 0.338 e. The molecular formula is C19H20N2O8. The third-order valence-corrected chi connectivity index (χ3v) is 3.70. The minimum atomic E-state index is -0.741. The van der Waals surface area contributed by atoms with E-state index in [1.54, 1.807) is 13.0 Å². The highest BCUT2D eigenvalue weighted by atomic mass is 16.6. The third kappa shape index (κ3) is 5.58. The Morgan fingerprint density at radius 3 is 2.34 bits per heavy atom. The summed E-state index contributed by atoms with van der Waals surface area (Å²) >= 11 is 0. The van der Waals surface area contributed by atoms with Crippen molar-refractivity contribution in [2.24, 2.45) is 0 Å². The van der Waals surface area contributed by atoms with Crippen molar-refractivity contribution in [3.8, 4) is 17.2 Å². The van der Waals surface area contributed by atoms with Gasteiger partial charge >= 0.3 is 5.97 Å². The van der Waals surface area contributed by atoms with Gasteiger partial charge in [0, 0.05) is 12.1 Å². The number of anilines is 1. The van der Waals surface area contributed by atoms with Gasteiger partial charge in [-0.05, 0) is 31.2 Å². The number of hydrogen-bond acceptors (Lipinski definition) is 8. The molecule has 29 heavy (non-hydrogen) atoms. The summed E-state index contributed by atoms with van der Waals surface area (Å²) < 4.78 is 20.6. The molecule has 0 radical (unpaired) electrons. The first kappa shape index (κ1) is 21.5. The molecule has 0 aliphatic carbocycles. The van der Waals surface area contributed by atoms with Crippen molar-refractivity contribution in [3.05, 3.63) is 52.1 Å². The van der Waals surface area contributed by atoms with Crippen molar-refractivity contribution in [2.75, 3.05) is 32.8 Å². The second-order valence-electron chi connectivity index (χ2n) is 5.56. The van der Waals surface area contributed by atoms with Crippen LogP contribution >= 0.6 is 0 Å². The number of non-ortho nitro benzene ring substituents is 1. The van der Waals surface area contributed by atoms with Gasteiger partial charge in [-0.15, -0.1) is 0 Å². The van der Waals surface area contributed by atoms with Crippen LogP contribution in [-0.4, -0.2) is 44.2 Å². The minimum absolute atomic E-state index is 0.0887. The van der Waals surface area contributed by atoms with Crippen molar-refractivity contribution in [3.63, 3.8) is 0 Å². The molecule has 0 saturated carbocycles. The molecule has 10 nitrogen and oxygen atoms in total. The van der Waals surface area contributed by atoms with Crippen LogP contribution in [0.3, 0.4) is 0 Å². The number of carbonyl (C=O) groups is 2. The molecule has 0 aliphatic rings. The smallest absolute Gasteiger partial charge is 0.338 e. The topological polar surface area (TPSA) is 126 Å². The quantitative estimate of drug-likeness (QED) is 0.384. The molecular weight excluding hydrogens is 384 g/mol. The fourth-order valence-corrected chi connectivity index (χ4v) is 2.38. The van der Waals surface area contributed by atoms with E-state index in [0.29, 0.717) is 18.1 Å². The molecule has 0 atom stereocenters. The number of nitrogens with one attached hydrogen (secondary N) is 1. The number of methoxy groups -OCH3 is 2. The molecule has 0 unspecified atom stereocenters. The predicted octanol–water partition coefficient (Wildman–Crippen LogP) is 2.81. The highest BCUT2D eigenvalue weighted by Gasteiger charge is 2.17. The SMILES string of the molecule is CCOc1cc(C(=O)OCC(=O)Nc2cc([N+](=O)[O-])ccc2OC)ccc1OC. The van der Waals surface area contributed by atoms with E-state index in [1.165, 1.54) is 38.5 Å². The highest BCUT2D eigenvalue weighted by Crippen LogP contribution is 2.29. The van der Waals surface area contributed by atoms with Crippen molar-refractivity contribution in [2.45, 2.75) is 6.92 Å². The number of esters is 1. The molecule has 154 valence electrons. The molecule has 0 saturated heterocycles. The lowest BCUT2D eigenvalue weighted by atomic mass is 10.2. The van der Waals surface area contributed by atoms with Crippen molar-refractivity contribution >= 4 is 23.3 Å². The van der Waals surface area contributed by atoms with E-state index < -0.39 is 23.4 Å². The lowest BCUT2D eigenvalue weighted by Crippen LogP contribution is -2.21. The summed E-state index contributed by atoms with van der Waals surface area (Å²) in [7, 11) is 2.83. The lowest BCUT2D eigenvalue weighted by molar-refractivity contribution is -0.384. The monoisotopic (exact) mass is 404 g/mol. The Labute approximate surface area is 166 Å². The molecule has 1 amide bonds. The van der Waals surface area contributed by atoms with Crippen LogP contribution in [0, 0.1) is 10.1 Å². The molecule has 10 heteroatoms. The largest absolute Gasteiger partial charge is 0.495 e. The number of rotatable bonds is 9. The van der Waals surface area contributed by atoms with Gasteiger partial charge in [-0.3, -0.25) is 14.9 Å². The van der Waals surface area contributed by atoms with E-state index >= 15 is 0 Å². The first-order valence-corrected chi connectivity index (χ1v) is 8.49. The molecule has 2 aromatic rings. The number of amides is 1. The van der Waals surface area contributed by atoms with Gasteiger partial charge in [0.25, 0.3) is 11.6 Å². The molecule has 0 fully saturated rings. The van der Waals surface area contributed by atoms with Gasteiger partial charge in [0.05, 0.1) is 37.0 Å². The number of nitro benzene ring substituents is 1. The zero-order valence-corrected chi connectivity index (χ0v) is 16.1. The number of hydrogen-bond donors (Lipinski definition) is 1. The lowest BCUT2D eigenvalue weighted by Gasteiger charge is -2.12. The van der Waals surface area contributed by atoms with E-state index in [2.05, 4.69) is 5.32 Å². The van der Waals surface area contributed by atoms with Crippen LogP contribution in [0.2, 0.25) is 0 Å². The summed E-state index contributed by atoms with van der Waals surface area (Å²) in [6, 6.07) is 8.23. The summed E-state index contributed by atoms with van der Waals surface area (Å²) in [5, 5.41) is 13.3.